The molecule has 1 unspecified atom stereocenters. The van der Waals surface area contributed by atoms with Crippen molar-refractivity contribution in [2.45, 2.75) is 26.3 Å². The highest BCUT2D eigenvalue weighted by Crippen LogP contribution is 2.25. The molecule has 1 aliphatic rings. The van der Waals surface area contributed by atoms with Crippen molar-refractivity contribution in [2.24, 2.45) is 0 Å². The van der Waals surface area contributed by atoms with Gasteiger partial charge in [-0.25, -0.2) is 0 Å². The van der Waals surface area contributed by atoms with Gasteiger partial charge in [0.05, 0.1) is 0 Å². The van der Waals surface area contributed by atoms with Crippen molar-refractivity contribution in [1.82, 2.24) is 4.90 Å². The van der Waals surface area contributed by atoms with Crippen LogP contribution in [0.4, 0.5) is 5.69 Å². The van der Waals surface area contributed by atoms with Crippen LogP contribution in [0.25, 0.3) is 0 Å². The van der Waals surface area contributed by atoms with Crippen LogP contribution in [0, 0.1) is 13.8 Å². The van der Waals surface area contributed by atoms with Crippen LogP contribution >= 0.6 is 0 Å². The third-order valence-corrected chi connectivity index (χ3v) is 4.16. The lowest BCUT2D eigenvalue weighted by atomic mass is 10.0. The Balaban J connectivity index is 2.16. The SMILES string of the molecule is Cc1cccc(N2CCN(C)C(CCO)C2)c1C. The molecule has 1 aliphatic heterocycles. The van der Waals surface area contributed by atoms with E-state index in [-0.39, 0.29) is 6.61 Å². The summed E-state index contributed by atoms with van der Waals surface area (Å²) >= 11 is 0. The molecule has 1 atom stereocenters. The van der Waals surface area contributed by atoms with Crippen molar-refractivity contribution in [3.63, 3.8) is 0 Å². The van der Waals surface area contributed by atoms with Crippen LogP contribution in [0.3, 0.4) is 0 Å². The van der Waals surface area contributed by atoms with Gasteiger partial charge in [-0.15, -0.1) is 0 Å². The van der Waals surface area contributed by atoms with Crippen LogP contribution in [0.5, 0.6) is 0 Å². The smallest absolute Gasteiger partial charge is 0.0446 e. The van der Waals surface area contributed by atoms with E-state index in [1.165, 1.54) is 16.8 Å². The molecule has 1 heterocycles. The predicted molar refractivity (Wildman–Crippen MR) is 76.2 cm³/mol. The summed E-state index contributed by atoms with van der Waals surface area (Å²) in [5.74, 6) is 0. The zero-order valence-electron chi connectivity index (χ0n) is 11.7. The van der Waals surface area contributed by atoms with Crippen LogP contribution in [-0.2, 0) is 0 Å². The van der Waals surface area contributed by atoms with Gasteiger partial charge in [0.1, 0.15) is 0 Å². The van der Waals surface area contributed by atoms with Crippen LogP contribution < -0.4 is 4.90 Å². The Hall–Kier alpha value is -1.06. The van der Waals surface area contributed by atoms with Crippen molar-refractivity contribution in [3.05, 3.63) is 29.3 Å². The summed E-state index contributed by atoms with van der Waals surface area (Å²) in [6, 6.07) is 6.98. The minimum Gasteiger partial charge on any atom is -0.396 e. The summed E-state index contributed by atoms with van der Waals surface area (Å²) in [5.41, 5.74) is 4.08. The largest absolute Gasteiger partial charge is 0.396 e. The molecule has 2 rings (SSSR count). The topological polar surface area (TPSA) is 26.7 Å². The molecular formula is C15H24N2O. The van der Waals surface area contributed by atoms with E-state index in [0.29, 0.717) is 6.04 Å². The van der Waals surface area contributed by atoms with Crippen molar-refractivity contribution < 1.29 is 5.11 Å². The molecular weight excluding hydrogens is 224 g/mol. The number of nitrogens with zero attached hydrogens (tertiary/aromatic N) is 2. The standard InChI is InChI=1S/C15H24N2O/c1-12-5-4-6-15(13(12)2)17-9-8-16(3)14(11-17)7-10-18/h4-6,14,18H,7-11H2,1-3H3. The monoisotopic (exact) mass is 248 g/mol. The Morgan fingerprint density at radius 2 is 2.06 bits per heavy atom. The van der Waals surface area contributed by atoms with E-state index in [4.69, 9.17) is 5.11 Å². The molecule has 1 fully saturated rings. The molecule has 0 spiro atoms. The van der Waals surface area contributed by atoms with Crippen LogP contribution in [0.1, 0.15) is 17.5 Å². The number of benzene rings is 1. The van der Waals surface area contributed by atoms with E-state index in [1.54, 1.807) is 0 Å². The van der Waals surface area contributed by atoms with E-state index < -0.39 is 0 Å². The van der Waals surface area contributed by atoms with E-state index in [1.807, 2.05) is 0 Å². The summed E-state index contributed by atoms with van der Waals surface area (Å²) in [6.45, 7) is 7.79. The lowest BCUT2D eigenvalue weighted by Crippen LogP contribution is -2.52. The molecule has 1 saturated heterocycles. The first-order chi connectivity index (χ1) is 8.63. The molecule has 18 heavy (non-hydrogen) atoms. The van der Waals surface area contributed by atoms with Gasteiger partial charge in [-0.05, 0) is 44.5 Å². The normalized spacial score (nSPS) is 21.3. The minimum absolute atomic E-state index is 0.273. The molecule has 0 aliphatic carbocycles. The van der Waals surface area contributed by atoms with Crippen LogP contribution in [0.2, 0.25) is 0 Å². The molecule has 0 aromatic heterocycles. The molecule has 3 heteroatoms. The van der Waals surface area contributed by atoms with Gasteiger partial charge in [-0.3, -0.25) is 4.90 Å². The molecule has 1 aromatic rings. The number of aliphatic hydroxyl groups excluding tert-OH is 1. The highest BCUT2D eigenvalue weighted by molar-refractivity contribution is 5.56. The molecule has 1 N–H and O–H groups in total. The zero-order valence-corrected chi connectivity index (χ0v) is 11.7. The first-order valence-electron chi connectivity index (χ1n) is 6.75. The van der Waals surface area contributed by atoms with Gasteiger partial charge in [-0.2, -0.15) is 0 Å². The van der Waals surface area contributed by atoms with Crippen LogP contribution in [0.15, 0.2) is 18.2 Å². The number of likely N-dealkylation sites (N-methyl/N-ethyl adjacent to an activating group) is 1. The summed E-state index contributed by atoms with van der Waals surface area (Å²) in [4.78, 5) is 4.82. The van der Waals surface area contributed by atoms with Crippen molar-refractivity contribution >= 4 is 5.69 Å². The Morgan fingerprint density at radius 1 is 1.28 bits per heavy atom. The van der Waals surface area contributed by atoms with Gasteiger partial charge >= 0.3 is 0 Å². The molecule has 0 saturated carbocycles. The fourth-order valence-electron chi connectivity index (χ4n) is 2.70. The molecule has 3 nitrogen and oxygen atoms in total. The van der Waals surface area contributed by atoms with E-state index in [2.05, 4.69) is 48.9 Å². The number of piperazine rings is 1. The van der Waals surface area contributed by atoms with Crippen molar-refractivity contribution in [2.75, 3.05) is 38.2 Å². The Kier molecular flexibility index (Phi) is 4.25. The average molecular weight is 248 g/mol. The quantitative estimate of drug-likeness (QED) is 0.883. The van der Waals surface area contributed by atoms with Gasteiger partial charge in [0.15, 0.2) is 0 Å². The van der Waals surface area contributed by atoms with Crippen molar-refractivity contribution in [1.29, 1.82) is 0 Å². The third kappa shape index (κ3) is 2.68. The van der Waals surface area contributed by atoms with Gasteiger partial charge in [0, 0.05) is 38.0 Å². The maximum Gasteiger partial charge on any atom is 0.0446 e. The lowest BCUT2D eigenvalue weighted by Gasteiger charge is -2.41. The zero-order chi connectivity index (χ0) is 13.1. The second kappa shape index (κ2) is 5.72. The van der Waals surface area contributed by atoms with Crippen LogP contribution in [-0.4, -0.2) is 49.3 Å². The van der Waals surface area contributed by atoms with E-state index in [0.717, 1.165) is 26.1 Å². The minimum atomic E-state index is 0.273. The summed E-state index contributed by atoms with van der Waals surface area (Å²) < 4.78 is 0. The second-order valence-electron chi connectivity index (χ2n) is 5.31. The lowest BCUT2D eigenvalue weighted by molar-refractivity contribution is 0.171. The van der Waals surface area contributed by atoms with Crippen molar-refractivity contribution in [3.8, 4) is 0 Å². The Bertz CT molecular complexity index is 405. The van der Waals surface area contributed by atoms with E-state index >= 15 is 0 Å². The van der Waals surface area contributed by atoms with Gasteiger partial charge in [-0.1, -0.05) is 12.1 Å². The Morgan fingerprint density at radius 3 is 2.78 bits per heavy atom. The molecule has 1 aromatic carbocycles. The maximum absolute atomic E-state index is 9.15. The number of hydrogen-bond donors (Lipinski definition) is 1. The maximum atomic E-state index is 9.15. The summed E-state index contributed by atoms with van der Waals surface area (Å²) in [6.07, 6.45) is 0.859. The predicted octanol–water partition coefficient (Wildman–Crippen LogP) is 1.81. The highest BCUT2D eigenvalue weighted by Gasteiger charge is 2.24. The molecule has 0 amide bonds. The number of anilines is 1. The number of hydrogen-bond acceptors (Lipinski definition) is 3. The third-order valence-electron chi connectivity index (χ3n) is 4.16. The first-order valence-corrected chi connectivity index (χ1v) is 6.75. The second-order valence-corrected chi connectivity index (χ2v) is 5.31. The highest BCUT2D eigenvalue weighted by atomic mass is 16.3. The van der Waals surface area contributed by atoms with Gasteiger partial charge < -0.3 is 10.0 Å². The molecule has 100 valence electrons. The van der Waals surface area contributed by atoms with Gasteiger partial charge in [0.2, 0.25) is 0 Å². The Labute approximate surface area is 110 Å². The molecule has 0 bridgehead atoms. The number of aryl methyl sites for hydroxylation is 1. The summed E-state index contributed by atoms with van der Waals surface area (Å²) in [5, 5.41) is 9.15. The fourth-order valence-corrected chi connectivity index (χ4v) is 2.70. The molecule has 0 radical (unpaired) electrons. The van der Waals surface area contributed by atoms with E-state index in [9.17, 15) is 0 Å². The number of aliphatic hydroxyl groups is 1. The average Bonchev–Trinajstić information content (AvgIpc) is 2.36. The fraction of sp³-hybridized carbons (Fsp3) is 0.600. The number of rotatable bonds is 3. The summed E-state index contributed by atoms with van der Waals surface area (Å²) in [7, 11) is 2.15. The first kappa shape index (κ1) is 13.4. The van der Waals surface area contributed by atoms with Gasteiger partial charge in [0.25, 0.3) is 0 Å².